The van der Waals surface area contributed by atoms with Crippen LogP contribution in [0, 0.1) is 5.82 Å². The van der Waals surface area contributed by atoms with E-state index in [0.29, 0.717) is 18.1 Å². The second-order valence-corrected chi connectivity index (χ2v) is 4.48. The molecule has 22 heavy (non-hydrogen) atoms. The van der Waals surface area contributed by atoms with E-state index in [9.17, 15) is 4.39 Å². The Morgan fingerprint density at radius 1 is 1.09 bits per heavy atom. The third kappa shape index (κ3) is 4.48. The van der Waals surface area contributed by atoms with E-state index >= 15 is 0 Å². The molecule has 0 spiro atoms. The number of oxime groups is 1. The second kappa shape index (κ2) is 8.02. The van der Waals surface area contributed by atoms with Crippen LogP contribution in [-0.4, -0.2) is 19.9 Å². The molecular weight excluding hydrogens is 285 g/mol. The van der Waals surface area contributed by atoms with Crippen molar-refractivity contribution in [2.75, 3.05) is 13.7 Å². The van der Waals surface area contributed by atoms with Crippen LogP contribution in [0.1, 0.15) is 18.1 Å². The Kier molecular flexibility index (Phi) is 5.77. The maximum absolute atomic E-state index is 12.8. The Labute approximate surface area is 129 Å². The summed E-state index contributed by atoms with van der Waals surface area (Å²) in [5.74, 6) is 1.06. The van der Waals surface area contributed by atoms with Crippen molar-refractivity contribution in [1.82, 2.24) is 0 Å². The molecule has 0 aromatic heterocycles. The molecular formula is C17H18FNO3. The summed E-state index contributed by atoms with van der Waals surface area (Å²) in [6, 6.07) is 11.6. The Balaban J connectivity index is 1.93. The zero-order valence-electron chi connectivity index (χ0n) is 12.6. The van der Waals surface area contributed by atoms with Crippen molar-refractivity contribution in [3.8, 4) is 11.5 Å². The summed E-state index contributed by atoms with van der Waals surface area (Å²) >= 11 is 0. The Bertz CT molecular complexity index is 626. The minimum Gasteiger partial charge on any atom is -0.493 e. The van der Waals surface area contributed by atoms with Crippen molar-refractivity contribution in [1.29, 1.82) is 0 Å². The molecule has 0 unspecified atom stereocenters. The molecule has 4 nitrogen and oxygen atoms in total. The lowest BCUT2D eigenvalue weighted by Crippen LogP contribution is -1.96. The molecule has 0 atom stereocenters. The highest BCUT2D eigenvalue weighted by atomic mass is 19.1. The predicted molar refractivity (Wildman–Crippen MR) is 82.9 cm³/mol. The normalized spacial score (nSPS) is 10.7. The lowest BCUT2D eigenvalue weighted by Gasteiger charge is -2.09. The Morgan fingerprint density at radius 3 is 2.55 bits per heavy atom. The highest BCUT2D eigenvalue weighted by Crippen LogP contribution is 2.27. The van der Waals surface area contributed by atoms with Gasteiger partial charge in [-0.3, -0.25) is 0 Å². The van der Waals surface area contributed by atoms with Gasteiger partial charge in [0.05, 0.1) is 19.9 Å². The van der Waals surface area contributed by atoms with Gasteiger partial charge < -0.3 is 14.3 Å². The average molecular weight is 303 g/mol. The van der Waals surface area contributed by atoms with E-state index in [2.05, 4.69) is 5.16 Å². The fraction of sp³-hybridized carbons (Fsp3) is 0.235. The Morgan fingerprint density at radius 2 is 1.86 bits per heavy atom. The van der Waals surface area contributed by atoms with Gasteiger partial charge in [0.25, 0.3) is 0 Å². The summed E-state index contributed by atoms with van der Waals surface area (Å²) in [7, 11) is 1.59. The number of hydrogen-bond acceptors (Lipinski definition) is 4. The van der Waals surface area contributed by atoms with Crippen LogP contribution in [0.2, 0.25) is 0 Å². The Hall–Kier alpha value is -2.56. The third-order valence-corrected chi connectivity index (χ3v) is 2.91. The number of benzene rings is 2. The van der Waals surface area contributed by atoms with Crippen LogP contribution in [0.3, 0.4) is 0 Å². The van der Waals surface area contributed by atoms with E-state index in [1.165, 1.54) is 12.1 Å². The van der Waals surface area contributed by atoms with Crippen molar-refractivity contribution in [2.24, 2.45) is 5.16 Å². The summed E-state index contributed by atoms with van der Waals surface area (Å²) in [6.45, 7) is 2.77. The fourth-order valence-electron chi connectivity index (χ4n) is 1.83. The first-order chi connectivity index (χ1) is 10.7. The lowest BCUT2D eigenvalue weighted by atomic mass is 10.2. The fourth-order valence-corrected chi connectivity index (χ4v) is 1.83. The molecule has 0 saturated heterocycles. The number of halogens is 1. The second-order valence-electron chi connectivity index (χ2n) is 4.48. The molecule has 0 saturated carbocycles. The van der Waals surface area contributed by atoms with Crippen molar-refractivity contribution in [3.05, 3.63) is 59.4 Å². The number of methoxy groups -OCH3 is 1. The van der Waals surface area contributed by atoms with Gasteiger partial charge in [-0.05, 0) is 42.8 Å². The topological polar surface area (TPSA) is 40.0 Å². The van der Waals surface area contributed by atoms with E-state index in [-0.39, 0.29) is 12.4 Å². The van der Waals surface area contributed by atoms with Crippen LogP contribution in [0.4, 0.5) is 4.39 Å². The van der Waals surface area contributed by atoms with Gasteiger partial charge in [0.15, 0.2) is 11.5 Å². The molecule has 116 valence electrons. The standard InChI is InChI=1S/C17H18FNO3/c1-3-21-16-9-6-14(10-17(16)20-2)11-19-22-12-13-4-7-15(18)8-5-13/h4-11H,3,12H2,1-2H3. The van der Waals surface area contributed by atoms with E-state index in [1.807, 2.05) is 25.1 Å². The first-order valence-electron chi connectivity index (χ1n) is 6.93. The molecule has 0 heterocycles. The molecule has 0 aliphatic carbocycles. The first-order valence-corrected chi connectivity index (χ1v) is 6.93. The van der Waals surface area contributed by atoms with Crippen LogP contribution in [0.5, 0.6) is 11.5 Å². The van der Waals surface area contributed by atoms with E-state index in [0.717, 1.165) is 11.1 Å². The van der Waals surface area contributed by atoms with Crippen molar-refractivity contribution >= 4 is 6.21 Å². The summed E-state index contributed by atoms with van der Waals surface area (Å²) < 4.78 is 23.5. The van der Waals surface area contributed by atoms with Gasteiger partial charge in [-0.2, -0.15) is 0 Å². The van der Waals surface area contributed by atoms with Gasteiger partial charge in [-0.15, -0.1) is 0 Å². The van der Waals surface area contributed by atoms with Crippen molar-refractivity contribution in [3.63, 3.8) is 0 Å². The average Bonchev–Trinajstić information content (AvgIpc) is 2.54. The number of nitrogens with zero attached hydrogens (tertiary/aromatic N) is 1. The summed E-state index contributed by atoms with van der Waals surface area (Å²) in [5.41, 5.74) is 1.68. The minimum absolute atomic E-state index is 0.270. The van der Waals surface area contributed by atoms with Crippen LogP contribution in [0.15, 0.2) is 47.6 Å². The van der Waals surface area contributed by atoms with Gasteiger partial charge in [0.2, 0.25) is 0 Å². The van der Waals surface area contributed by atoms with Gasteiger partial charge in [0.1, 0.15) is 12.4 Å². The van der Waals surface area contributed by atoms with Crippen LogP contribution >= 0.6 is 0 Å². The maximum Gasteiger partial charge on any atom is 0.161 e. The first kappa shape index (κ1) is 15.8. The summed E-state index contributed by atoms with van der Waals surface area (Å²) in [6.07, 6.45) is 1.59. The van der Waals surface area contributed by atoms with E-state index in [4.69, 9.17) is 14.3 Å². The summed E-state index contributed by atoms with van der Waals surface area (Å²) in [5, 5.41) is 3.90. The minimum atomic E-state index is -0.270. The van der Waals surface area contributed by atoms with Gasteiger partial charge in [0, 0.05) is 5.56 Å². The quantitative estimate of drug-likeness (QED) is 0.577. The van der Waals surface area contributed by atoms with Crippen molar-refractivity contribution in [2.45, 2.75) is 13.5 Å². The summed E-state index contributed by atoms with van der Waals surface area (Å²) in [4.78, 5) is 5.19. The lowest BCUT2D eigenvalue weighted by molar-refractivity contribution is 0.132. The van der Waals surface area contributed by atoms with Crippen LogP contribution in [-0.2, 0) is 11.4 Å². The molecule has 2 rings (SSSR count). The SMILES string of the molecule is CCOc1ccc(C=NOCc2ccc(F)cc2)cc1OC. The smallest absolute Gasteiger partial charge is 0.161 e. The molecule has 0 bridgehead atoms. The molecule has 0 aliphatic heterocycles. The molecule has 2 aromatic rings. The molecule has 2 aromatic carbocycles. The van der Waals surface area contributed by atoms with Gasteiger partial charge in [-0.25, -0.2) is 4.39 Å². The van der Waals surface area contributed by atoms with Gasteiger partial charge >= 0.3 is 0 Å². The zero-order chi connectivity index (χ0) is 15.8. The van der Waals surface area contributed by atoms with Crippen molar-refractivity contribution < 1.29 is 18.7 Å². The highest BCUT2D eigenvalue weighted by Gasteiger charge is 2.04. The molecule has 0 amide bonds. The van der Waals surface area contributed by atoms with Gasteiger partial charge in [-0.1, -0.05) is 17.3 Å². The molecule has 0 fully saturated rings. The predicted octanol–water partition coefficient (Wildman–Crippen LogP) is 3.78. The number of rotatable bonds is 7. The third-order valence-electron chi connectivity index (χ3n) is 2.91. The van der Waals surface area contributed by atoms with E-state index < -0.39 is 0 Å². The largest absolute Gasteiger partial charge is 0.493 e. The van der Waals surface area contributed by atoms with E-state index in [1.54, 1.807) is 25.5 Å². The maximum atomic E-state index is 12.8. The molecule has 0 aliphatic rings. The molecule has 0 radical (unpaired) electrons. The monoisotopic (exact) mass is 303 g/mol. The zero-order valence-corrected chi connectivity index (χ0v) is 12.6. The number of ether oxygens (including phenoxy) is 2. The van der Waals surface area contributed by atoms with Crippen LogP contribution < -0.4 is 9.47 Å². The van der Waals surface area contributed by atoms with Crippen LogP contribution in [0.25, 0.3) is 0 Å². The highest BCUT2D eigenvalue weighted by molar-refractivity contribution is 5.80. The number of hydrogen-bond donors (Lipinski definition) is 0. The molecule has 5 heteroatoms. The molecule has 0 N–H and O–H groups in total.